The largest absolute Gasteiger partial charge is 0.460 e. The van der Waals surface area contributed by atoms with Crippen molar-refractivity contribution in [3.8, 4) is 0 Å². The number of pyridine rings is 2. The number of esters is 1. The summed E-state index contributed by atoms with van der Waals surface area (Å²) in [6.45, 7) is 2.41. The molecule has 3 heterocycles. The summed E-state index contributed by atoms with van der Waals surface area (Å²) in [7, 11) is 0. The quantitative estimate of drug-likeness (QED) is 0.677. The van der Waals surface area contributed by atoms with Crippen LogP contribution in [0.25, 0.3) is 0 Å². The Morgan fingerprint density at radius 1 is 1.28 bits per heavy atom. The normalized spacial score (nSPS) is 10.6. The molecule has 1 N–H and O–H groups in total. The molecular weight excluding hydrogens is 322 g/mol. The molecule has 0 atom stereocenters. The van der Waals surface area contributed by atoms with Crippen LogP contribution in [0.2, 0.25) is 0 Å². The number of aromatic nitrogens is 5. The average Bonchev–Trinajstić information content (AvgIpc) is 3.07. The number of carbonyl (C=O) groups is 1. The minimum Gasteiger partial charge on any atom is -0.460 e. The Kier molecular flexibility index (Phi) is 4.98. The molecule has 3 rings (SSSR count). The molecule has 8 nitrogen and oxygen atoms in total. The van der Waals surface area contributed by atoms with E-state index >= 15 is 0 Å². The lowest BCUT2D eigenvalue weighted by atomic mass is 10.2. The highest BCUT2D eigenvalue weighted by atomic mass is 16.5. The number of rotatable bonds is 6. The molecule has 3 aromatic rings. The number of hydrogen-bond donors (Lipinski definition) is 1. The van der Waals surface area contributed by atoms with Crippen molar-refractivity contribution in [2.45, 2.75) is 19.9 Å². The predicted molar refractivity (Wildman–Crippen MR) is 89.2 cm³/mol. The lowest BCUT2D eigenvalue weighted by Gasteiger charge is -2.05. The first kappa shape index (κ1) is 16.6. The minimum atomic E-state index is -0.549. The highest BCUT2D eigenvalue weighted by Crippen LogP contribution is 2.07. The monoisotopic (exact) mass is 339 g/mol. The highest BCUT2D eigenvalue weighted by Gasteiger charge is 2.13. The lowest BCUT2D eigenvalue weighted by molar-refractivity contribution is 0.0512. The first-order valence-electron chi connectivity index (χ1n) is 7.83. The molecular formula is C17H17N5O3. The maximum absolute atomic E-state index is 11.7. The van der Waals surface area contributed by atoms with Gasteiger partial charge < -0.3 is 9.30 Å². The van der Waals surface area contributed by atoms with Gasteiger partial charge in [0.15, 0.2) is 0 Å². The molecule has 0 saturated carbocycles. The molecule has 8 heteroatoms. The van der Waals surface area contributed by atoms with Gasteiger partial charge in [0, 0.05) is 24.9 Å². The van der Waals surface area contributed by atoms with Crippen LogP contribution in [0.5, 0.6) is 0 Å². The molecule has 128 valence electrons. The predicted octanol–water partition coefficient (Wildman–Crippen LogP) is 1.18. The Morgan fingerprint density at radius 3 is 2.88 bits per heavy atom. The molecule has 0 aromatic carbocycles. The number of H-pyrrole nitrogens is 1. The van der Waals surface area contributed by atoms with Gasteiger partial charge in [-0.15, -0.1) is 5.10 Å². The summed E-state index contributed by atoms with van der Waals surface area (Å²) in [5, 5.41) is 6.57. The fourth-order valence-electron chi connectivity index (χ4n) is 2.27. The van der Waals surface area contributed by atoms with Crippen LogP contribution < -0.4 is 5.56 Å². The minimum absolute atomic E-state index is 0.0184. The summed E-state index contributed by atoms with van der Waals surface area (Å²) >= 11 is 0. The maximum atomic E-state index is 11.7. The molecule has 0 aliphatic rings. The third-order valence-electron chi connectivity index (χ3n) is 3.48. The molecule has 0 bridgehead atoms. The van der Waals surface area contributed by atoms with E-state index in [2.05, 4.69) is 20.2 Å². The zero-order valence-corrected chi connectivity index (χ0v) is 13.7. The van der Waals surface area contributed by atoms with Gasteiger partial charge in [-0.2, -0.15) is 0 Å². The van der Waals surface area contributed by atoms with Crippen molar-refractivity contribution in [2.24, 2.45) is 0 Å². The molecule has 0 aliphatic carbocycles. The van der Waals surface area contributed by atoms with E-state index in [1.165, 1.54) is 6.07 Å². The third-order valence-corrected chi connectivity index (χ3v) is 3.48. The van der Waals surface area contributed by atoms with Gasteiger partial charge in [-0.3, -0.25) is 14.9 Å². The molecule has 25 heavy (non-hydrogen) atoms. The number of nitrogens with zero attached hydrogens (tertiary/aromatic N) is 4. The molecule has 0 aliphatic heterocycles. The summed E-state index contributed by atoms with van der Waals surface area (Å²) in [6, 6.07) is 8.79. The van der Waals surface area contributed by atoms with Crippen LogP contribution in [-0.4, -0.2) is 37.3 Å². The Bertz CT molecular complexity index is 914. The van der Waals surface area contributed by atoms with Gasteiger partial charge in [0.2, 0.25) is 0 Å². The Hall–Kier alpha value is -3.29. The Balaban J connectivity index is 1.66. The number of aromatic amines is 1. The summed E-state index contributed by atoms with van der Waals surface area (Å²) in [5.74, 6) is 0.0218. The second-order valence-electron chi connectivity index (χ2n) is 5.33. The first-order chi connectivity index (χ1) is 12.2. The van der Waals surface area contributed by atoms with Crippen molar-refractivity contribution >= 4 is 5.97 Å². The lowest BCUT2D eigenvalue weighted by Crippen LogP contribution is -2.18. The molecule has 0 saturated heterocycles. The van der Waals surface area contributed by atoms with Crippen LogP contribution in [0.1, 0.15) is 34.6 Å². The van der Waals surface area contributed by atoms with E-state index in [0.29, 0.717) is 18.8 Å². The van der Waals surface area contributed by atoms with E-state index < -0.39 is 5.97 Å². The standard InChI is InChI=1S/C17H17N5O3/c1-2-25-17(24)16-19-14(20-21-16)9-12-6-7-13(18-10-12)11-22-8-4-3-5-15(22)23/h3-8,10H,2,9,11H2,1H3,(H,19,20,21). The summed E-state index contributed by atoms with van der Waals surface area (Å²) in [6.07, 6.45) is 3.91. The molecule has 3 aromatic heterocycles. The molecule has 0 radical (unpaired) electrons. The Morgan fingerprint density at radius 2 is 2.16 bits per heavy atom. The summed E-state index contributed by atoms with van der Waals surface area (Å²) < 4.78 is 6.44. The van der Waals surface area contributed by atoms with Crippen molar-refractivity contribution in [2.75, 3.05) is 6.61 Å². The van der Waals surface area contributed by atoms with Crippen molar-refractivity contribution in [3.63, 3.8) is 0 Å². The van der Waals surface area contributed by atoms with Gasteiger partial charge in [-0.1, -0.05) is 12.1 Å². The van der Waals surface area contributed by atoms with Gasteiger partial charge in [0.05, 0.1) is 18.8 Å². The van der Waals surface area contributed by atoms with Gasteiger partial charge in [0.1, 0.15) is 5.82 Å². The summed E-state index contributed by atoms with van der Waals surface area (Å²) in [4.78, 5) is 31.7. The van der Waals surface area contributed by atoms with E-state index in [1.54, 1.807) is 36.0 Å². The third kappa shape index (κ3) is 4.17. The van der Waals surface area contributed by atoms with Crippen LogP contribution in [0, 0.1) is 0 Å². The maximum Gasteiger partial charge on any atom is 0.378 e. The Labute approximate surface area is 143 Å². The SMILES string of the molecule is CCOC(=O)c1n[nH]c(Cc2ccc(Cn3ccccc3=O)nc2)n1. The zero-order valence-electron chi connectivity index (χ0n) is 13.7. The average molecular weight is 339 g/mol. The second kappa shape index (κ2) is 7.52. The van der Waals surface area contributed by atoms with Crippen molar-refractivity contribution in [1.82, 2.24) is 24.7 Å². The van der Waals surface area contributed by atoms with E-state index in [4.69, 9.17) is 4.74 Å². The molecule has 0 spiro atoms. The van der Waals surface area contributed by atoms with Gasteiger partial charge in [0.25, 0.3) is 11.4 Å². The number of hydrogen-bond acceptors (Lipinski definition) is 6. The van der Waals surface area contributed by atoms with Crippen LogP contribution in [-0.2, 0) is 17.7 Å². The molecule has 0 amide bonds. The fourth-order valence-corrected chi connectivity index (χ4v) is 2.27. The topological polar surface area (TPSA) is 103 Å². The summed E-state index contributed by atoms with van der Waals surface area (Å²) in [5.41, 5.74) is 1.62. The van der Waals surface area contributed by atoms with Crippen molar-refractivity contribution < 1.29 is 9.53 Å². The number of ether oxygens (including phenoxy) is 1. The molecule has 0 unspecified atom stereocenters. The zero-order chi connectivity index (χ0) is 17.6. The van der Waals surface area contributed by atoms with Crippen LogP contribution in [0.4, 0.5) is 0 Å². The van der Waals surface area contributed by atoms with Gasteiger partial charge in [-0.25, -0.2) is 9.78 Å². The molecule has 0 fully saturated rings. The van der Waals surface area contributed by atoms with E-state index in [0.717, 1.165) is 11.3 Å². The van der Waals surface area contributed by atoms with Crippen LogP contribution in [0.3, 0.4) is 0 Å². The van der Waals surface area contributed by atoms with Gasteiger partial charge in [-0.05, 0) is 24.6 Å². The van der Waals surface area contributed by atoms with Gasteiger partial charge >= 0.3 is 5.97 Å². The van der Waals surface area contributed by atoms with Crippen LogP contribution in [0.15, 0.2) is 47.5 Å². The van der Waals surface area contributed by atoms with Crippen molar-refractivity contribution in [3.05, 3.63) is 76.0 Å². The highest BCUT2D eigenvalue weighted by molar-refractivity contribution is 5.84. The smallest absolute Gasteiger partial charge is 0.378 e. The van der Waals surface area contributed by atoms with E-state index in [9.17, 15) is 9.59 Å². The van der Waals surface area contributed by atoms with Crippen LogP contribution >= 0.6 is 0 Å². The number of carbonyl (C=O) groups excluding carboxylic acids is 1. The van der Waals surface area contributed by atoms with Crippen molar-refractivity contribution in [1.29, 1.82) is 0 Å². The number of nitrogens with one attached hydrogen (secondary N) is 1. The second-order valence-corrected chi connectivity index (χ2v) is 5.33. The first-order valence-corrected chi connectivity index (χ1v) is 7.83. The van der Waals surface area contributed by atoms with E-state index in [-0.39, 0.29) is 18.0 Å². The van der Waals surface area contributed by atoms with E-state index in [1.807, 2.05) is 12.1 Å². The fraction of sp³-hybridized carbons (Fsp3) is 0.235.